The molecule has 0 heterocycles. The van der Waals surface area contributed by atoms with Gasteiger partial charge in [0, 0.05) is 12.6 Å². The van der Waals surface area contributed by atoms with Gasteiger partial charge in [-0.2, -0.15) is 0 Å². The van der Waals surface area contributed by atoms with E-state index in [2.05, 4.69) is 31.2 Å². The number of amides is 1. The summed E-state index contributed by atoms with van der Waals surface area (Å²) in [5, 5.41) is 0. The molecule has 0 atom stereocenters. The van der Waals surface area contributed by atoms with E-state index in [1.807, 2.05) is 18.7 Å². The SMILES string of the molecule is CCc1ccc(CN(C(=O)COC(C)C)C2CC2)cc1. The molecule has 0 aliphatic heterocycles. The highest BCUT2D eigenvalue weighted by atomic mass is 16.5. The lowest BCUT2D eigenvalue weighted by Crippen LogP contribution is -2.36. The first-order valence-electron chi connectivity index (χ1n) is 7.59. The van der Waals surface area contributed by atoms with Crippen molar-refractivity contribution in [2.24, 2.45) is 0 Å². The van der Waals surface area contributed by atoms with Crippen LogP contribution in [0.2, 0.25) is 0 Å². The fraction of sp³-hybridized carbons (Fsp3) is 0.588. The zero-order valence-corrected chi connectivity index (χ0v) is 12.8. The summed E-state index contributed by atoms with van der Waals surface area (Å²) in [7, 11) is 0. The zero-order chi connectivity index (χ0) is 14.5. The molecule has 0 aromatic heterocycles. The molecule has 20 heavy (non-hydrogen) atoms. The maximum absolute atomic E-state index is 12.3. The van der Waals surface area contributed by atoms with E-state index in [1.165, 1.54) is 11.1 Å². The highest BCUT2D eigenvalue weighted by Gasteiger charge is 2.32. The summed E-state index contributed by atoms with van der Waals surface area (Å²) in [5.74, 6) is 0.112. The normalized spacial score (nSPS) is 14.6. The molecule has 110 valence electrons. The summed E-state index contributed by atoms with van der Waals surface area (Å²) in [6, 6.07) is 8.98. The molecule has 1 fully saturated rings. The maximum Gasteiger partial charge on any atom is 0.249 e. The van der Waals surface area contributed by atoms with E-state index in [-0.39, 0.29) is 18.6 Å². The van der Waals surface area contributed by atoms with Crippen molar-refractivity contribution in [1.82, 2.24) is 4.90 Å². The summed E-state index contributed by atoms with van der Waals surface area (Å²) >= 11 is 0. The van der Waals surface area contributed by atoms with E-state index in [0.29, 0.717) is 12.6 Å². The molecule has 0 N–H and O–H groups in total. The largest absolute Gasteiger partial charge is 0.369 e. The van der Waals surface area contributed by atoms with Crippen LogP contribution in [0.25, 0.3) is 0 Å². The van der Waals surface area contributed by atoms with Gasteiger partial charge >= 0.3 is 0 Å². The van der Waals surface area contributed by atoms with Crippen molar-refractivity contribution in [3.8, 4) is 0 Å². The molecule has 0 unspecified atom stereocenters. The third-order valence-corrected chi connectivity index (χ3v) is 3.63. The minimum atomic E-state index is 0.101. The van der Waals surface area contributed by atoms with Crippen molar-refractivity contribution in [2.75, 3.05) is 6.61 Å². The Labute approximate surface area is 121 Å². The van der Waals surface area contributed by atoms with Crippen LogP contribution in [0, 0.1) is 0 Å². The summed E-state index contributed by atoms with van der Waals surface area (Å²) in [4.78, 5) is 14.2. The Morgan fingerprint density at radius 3 is 2.35 bits per heavy atom. The van der Waals surface area contributed by atoms with Crippen molar-refractivity contribution in [3.63, 3.8) is 0 Å². The monoisotopic (exact) mass is 275 g/mol. The standard InChI is InChI=1S/C17H25NO2/c1-4-14-5-7-15(8-6-14)11-18(16-9-10-16)17(19)12-20-13(2)3/h5-8,13,16H,4,9-12H2,1-3H3. The first kappa shape index (κ1) is 15.0. The van der Waals surface area contributed by atoms with Gasteiger partial charge in [-0.1, -0.05) is 31.2 Å². The van der Waals surface area contributed by atoms with Crippen molar-refractivity contribution in [1.29, 1.82) is 0 Å². The van der Waals surface area contributed by atoms with Gasteiger partial charge in [0.05, 0.1) is 6.10 Å². The lowest BCUT2D eigenvalue weighted by molar-refractivity contribution is -0.138. The molecule has 0 radical (unpaired) electrons. The second-order valence-corrected chi connectivity index (χ2v) is 5.78. The molecule has 0 saturated heterocycles. The average Bonchev–Trinajstić information content (AvgIpc) is 3.27. The van der Waals surface area contributed by atoms with Gasteiger partial charge in [-0.3, -0.25) is 4.79 Å². The Kier molecular flexibility index (Phi) is 5.18. The van der Waals surface area contributed by atoms with E-state index in [1.54, 1.807) is 0 Å². The van der Waals surface area contributed by atoms with Crippen LogP contribution in [0.1, 0.15) is 44.7 Å². The number of carbonyl (C=O) groups excluding carboxylic acids is 1. The van der Waals surface area contributed by atoms with E-state index in [4.69, 9.17) is 4.74 Å². The Balaban J connectivity index is 1.96. The Morgan fingerprint density at radius 2 is 1.85 bits per heavy atom. The summed E-state index contributed by atoms with van der Waals surface area (Å²) in [5.41, 5.74) is 2.54. The quantitative estimate of drug-likeness (QED) is 0.765. The van der Waals surface area contributed by atoms with Crippen LogP contribution in [0.5, 0.6) is 0 Å². The predicted octanol–water partition coefficient (Wildman–Crippen LogP) is 3.17. The maximum atomic E-state index is 12.3. The highest BCUT2D eigenvalue weighted by molar-refractivity contribution is 5.78. The van der Waals surface area contributed by atoms with Crippen LogP contribution in [0.15, 0.2) is 24.3 Å². The minimum absolute atomic E-state index is 0.101. The molecule has 1 amide bonds. The number of hydrogen-bond donors (Lipinski definition) is 0. The second kappa shape index (κ2) is 6.89. The van der Waals surface area contributed by atoms with Gasteiger partial charge in [0.15, 0.2) is 0 Å². The van der Waals surface area contributed by atoms with Gasteiger partial charge in [-0.25, -0.2) is 0 Å². The van der Waals surface area contributed by atoms with Crippen LogP contribution in [0.3, 0.4) is 0 Å². The van der Waals surface area contributed by atoms with Gasteiger partial charge in [-0.05, 0) is 44.2 Å². The van der Waals surface area contributed by atoms with Gasteiger partial charge in [0.25, 0.3) is 0 Å². The Morgan fingerprint density at radius 1 is 1.25 bits per heavy atom. The molecule has 1 saturated carbocycles. The van der Waals surface area contributed by atoms with Crippen LogP contribution in [-0.4, -0.2) is 29.6 Å². The number of carbonyl (C=O) groups is 1. The van der Waals surface area contributed by atoms with Crippen molar-refractivity contribution >= 4 is 5.91 Å². The zero-order valence-electron chi connectivity index (χ0n) is 12.8. The first-order valence-corrected chi connectivity index (χ1v) is 7.59. The fourth-order valence-electron chi connectivity index (χ4n) is 2.21. The molecular weight excluding hydrogens is 250 g/mol. The van der Waals surface area contributed by atoms with Gasteiger partial charge in [0.2, 0.25) is 5.91 Å². The summed E-state index contributed by atoms with van der Waals surface area (Å²) < 4.78 is 5.45. The van der Waals surface area contributed by atoms with Crippen LogP contribution >= 0.6 is 0 Å². The molecule has 2 rings (SSSR count). The number of hydrogen-bond acceptors (Lipinski definition) is 2. The molecule has 1 aliphatic carbocycles. The smallest absolute Gasteiger partial charge is 0.249 e. The third-order valence-electron chi connectivity index (χ3n) is 3.63. The molecule has 1 aliphatic rings. The first-order chi connectivity index (χ1) is 9.60. The number of benzene rings is 1. The minimum Gasteiger partial charge on any atom is -0.369 e. The topological polar surface area (TPSA) is 29.5 Å². The number of rotatable bonds is 7. The Hall–Kier alpha value is -1.35. The molecule has 0 spiro atoms. The van der Waals surface area contributed by atoms with Crippen LogP contribution in [0.4, 0.5) is 0 Å². The van der Waals surface area contributed by atoms with Crippen molar-refractivity contribution < 1.29 is 9.53 Å². The van der Waals surface area contributed by atoms with Gasteiger partial charge < -0.3 is 9.64 Å². The Bertz CT molecular complexity index is 435. The summed E-state index contributed by atoms with van der Waals surface area (Å²) in [6.07, 6.45) is 3.40. The fourth-order valence-corrected chi connectivity index (χ4v) is 2.21. The second-order valence-electron chi connectivity index (χ2n) is 5.78. The van der Waals surface area contributed by atoms with E-state index in [0.717, 1.165) is 19.3 Å². The predicted molar refractivity (Wildman–Crippen MR) is 80.5 cm³/mol. The van der Waals surface area contributed by atoms with Crippen molar-refractivity contribution in [2.45, 2.75) is 58.7 Å². The molecule has 1 aromatic rings. The third kappa shape index (κ3) is 4.34. The molecule has 3 nitrogen and oxygen atoms in total. The number of ether oxygens (including phenoxy) is 1. The van der Waals surface area contributed by atoms with Crippen LogP contribution in [-0.2, 0) is 22.5 Å². The number of nitrogens with zero attached hydrogens (tertiary/aromatic N) is 1. The van der Waals surface area contributed by atoms with E-state index in [9.17, 15) is 4.79 Å². The van der Waals surface area contributed by atoms with Gasteiger partial charge in [0.1, 0.15) is 6.61 Å². The van der Waals surface area contributed by atoms with E-state index >= 15 is 0 Å². The summed E-state index contributed by atoms with van der Waals surface area (Å²) in [6.45, 7) is 6.96. The lowest BCUT2D eigenvalue weighted by atomic mass is 10.1. The van der Waals surface area contributed by atoms with Crippen LogP contribution < -0.4 is 0 Å². The molecule has 1 aromatic carbocycles. The highest BCUT2D eigenvalue weighted by Crippen LogP contribution is 2.28. The van der Waals surface area contributed by atoms with Crippen molar-refractivity contribution in [3.05, 3.63) is 35.4 Å². The number of aryl methyl sites for hydroxylation is 1. The van der Waals surface area contributed by atoms with E-state index < -0.39 is 0 Å². The van der Waals surface area contributed by atoms with Gasteiger partial charge in [-0.15, -0.1) is 0 Å². The molecular formula is C17H25NO2. The lowest BCUT2D eigenvalue weighted by Gasteiger charge is -2.23. The molecule has 0 bridgehead atoms. The molecule has 3 heteroatoms. The average molecular weight is 275 g/mol.